The fourth-order valence-electron chi connectivity index (χ4n) is 2.99. The molecule has 0 fully saturated rings. The van der Waals surface area contributed by atoms with E-state index in [-0.39, 0.29) is 12.5 Å². The van der Waals surface area contributed by atoms with Gasteiger partial charge in [0.15, 0.2) is 6.61 Å². The van der Waals surface area contributed by atoms with E-state index in [0.29, 0.717) is 22.4 Å². The molecule has 0 saturated heterocycles. The van der Waals surface area contributed by atoms with Gasteiger partial charge in [-0.15, -0.1) is 0 Å². The standard InChI is InChI=1S/C24H25NO6/c1-14(2)31-24(28)17-5-7-19(8-6-17)25-22(26)13-30-23(27)11-18-12-29-21-10-16(4)15(3)9-20(18)21/h5-10,12,14H,11,13H2,1-4H3,(H,25,26). The number of carbonyl (C=O) groups is 3. The molecule has 162 valence electrons. The Kier molecular flexibility index (Phi) is 6.74. The monoisotopic (exact) mass is 423 g/mol. The van der Waals surface area contributed by atoms with Crippen molar-refractivity contribution in [2.24, 2.45) is 0 Å². The molecule has 1 aromatic heterocycles. The normalized spacial score (nSPS) is 10.9. The van der Waals surface area contributed by atoms with Gasteiger partial charge in [-0.25, -0.2) is 4.79 Å². The maximum absolute atomic E-state index is 12.2. The van der Waals surface area contributed by atoms with E-state index in [4.69, 9.17) is 13.9 Å². The summed E-state index contributed by atoms with van der Waals surface area (Å²) in [5.74, 6) is -1.43. The Morgan fingerprint density at radius 3 is 2.39 bits per heavy atom. The van der Waals surface area contributed by atoms with Gasteiger partial charge in [-0.3, -0.25) is 9.59 Å². The summed E-state index contributed by atoms with van der Waals surface area (Å²) < 4.78 is 15.7. The first kappa shape index (κ1) is 22.1. The lowest BCUT2D eigenvalue weighted by molar-refractivity contribution is -0.146. The Labute approximate surface area is 180 Å². The van der Waals surface area contributed by atoms with Crippen LogP contribution in [0.4, 0.5) is 5.69 Å². The average molecular weight is 423 g/mol. The fourth-order valence-corrected chi connectivity index (χ4v) is 2.99. The summed E-state index contributed by atoms with van der Waals surface area (Å²) in [6, 6.07) is 10.2. The van der Waals surface area contributed by atoms with Crippen LogP contribution in [-0.2, 0) is 25.5 Å². The maximum atomic E-state index is 12.2. The van der Waals surface area contributed by atoms with E-state index in [1.54, 1.807) is 38.1 Å². The largest absolute Gasteiger partial charge is 0.464 e. The van der Waals surface area contributed by atoms with Crippen molar-refractivity contribution in [3.05, 3.63) is 64.9 Å². The first-order chi connectivity index (χ1) is 14.7. The molecule has 0 spiro atoms. The van der Waals surface area contributed by atoms with Gasteiger partial charge in [0.2, 0.25) is 0 Å². The second kappa shape index (κ2) is 9.47. The van der Waals surface area contributed by atoms with Gasteiger partial charge in [-0.05, 0) is 75.2 Å². The minimum absolute atomic E-state index is 0.00937. The number of furan rings is 1. The molecular weight excluding hydrogens is 398 g/mol. The second-order valence-corrected chi connectivity index (χ2v) is 7.61. The smallest absolute Gasteiger partial charge is 0.338 e. The molecule has 1 heterocycles. The zero-order valence-electron chi connectivity index (χ0n) is 18.0. The van der Waals surface area contributed by atoms with Crippen LogP contribution in [0.3, 0.4) is 0 Å². The molecule has 0 unspecified atom stereocenters. The van der Waals surface area contributed by atoms with Crippen molar-refractivity contribution in [2.45, 2.75) is 40.2 Å². The summed E-state index contributed by atoms with van der Waals surface area (Å²) in [4.78, 5) is 36.1. The van der Waals surface area contributed by atoms with Crippen LogP contribution in [-0.4, -0.2) is 30.6 Å². The number of amides is 1. The number of hydrogen-bond acceptors (Lipinski definition) is 6. The average Bonchev–Trinajstić information content (AvgIpc) is 3.08. The maximum Gasteiger partial charge on any atom is 0.338 e. The number of anilines is 1. The summed E-state index contributed by atoms with van der Waals surface area (Å²) >= 11 is 0. The highest BCUT2D eigenvalue weighted by atomic mass is 16.5. The molecular formula is C24H25NO6. The number of esters is 2. The van der Waals surface area contributed by atoms with E-state index in [0.717, 1.165) is 16.5 Å². The first-order valence-electron chi connectivity index (χ1n) is 9.96. The van der Waals surface area contributed by atoms with Crippen LogP contribution in [0.1, 0.15) is 40.9 Å². The molecule has 0 aliphatic carbocycles. The second-order valence-electron chi connectivity index (χ2n) is 7.61. The molecule has 1 amide bonds. The van der Waals surface area contributed by atoms with E-state index >= 15 is 0 Å². The quantitative estimate of drug-likeness (QED) is 0.568. The van der Waals surface area contributed by atoms with Crippen molar-refractivity contribution >= 4 is 34.5 Å². The van der Waals surface area contributed by atoms with Crippen LogP contribution in [0.2, 0.25) is 0 Å². The van der Waals surface area contributed by atoms with Crippen LogP contribution < -0.4 is 5.32 Å². The third-order valence-electron chi connectivity index (χ3n) is 4.72. The number of fused-ring (bicyclic) bond motifs is 1. The van der Waals surface area contributed by atoms with Crippen molar-refractivity contribution in [1.82, 2.24) is 0 Å². The molecule has 2 aromatic carbocycles. The van der Waals surface area contributed by atoms with Crippen molar-refractivity contribution in [2.75, 3.05) is 11.9 Å². The highest BCUT2D eigenvalue weighted by Gasteiger charge is 2.14. The zero-order valence-corrected chi connectivity index (χ0v) is 18.0. The predicted octanol–water partition coefficient (Wildman–Crippen LogP) is 4.34. The van der Waals surface area contributed by atoms with Crippen LogP contribution in [0.25, 0.3) is 11.0 Å². The van der Waals surface area contributed by atoms with Gasteiger partial charge in [0.1, 0.15) is 5.58 Å². The summed E-state index contributed by atoms with van der Waals surface area (Å²) in [7, 11) is 0. The van der Waals surface area contributed by atoms with Crippen LogP contribution in [0.5, 0.6) is 0 Å². The fraction of sp³-hybridized carbons (Fsp3) is 0.292. The zero-order chi connectivity index (χ0) is 22.5. The molecule has 3 rings (SSSR count). The summed E-state index contributed by atoms with van der Waals surface area (Å²) in [5.41, 5.74) is 4.50. The highest BCUT2D eigenvalue weighted by Crippen LogP contribution is 2.25. The third kappa shape index (κ3) is 5.72. The number of hydrogen-bond donors (Lipinski definition) is 1. The van der Waals surface area contributed by atoms with Gasteiger partial charge >= 0.3 is 11.9 Å². The lowest BCUT2D eigenvalue weighted by atomic mass is 10.0. The summed E-state index contributed by atoms with van der Waals surface area (Å²) in [6.45, 7) is 7.11. The van der Waals surface area contributed by atoms with Crippen molar-refractivity contribution < 1.29 is 28.3 Å². The molecule has 0 radical (unpaired) electrons. The molecule has 0 bridgehead atoms. The van der Waals surface area contributed by atoms with Crippen LogP contribution >= 0.6 is 0 Å². The number of carbonyl (C=O) groups excluding carboxylic acids is 3. The van der Waals surface area contributed by atoms with E-state index in [1.165, 1.54) is 6.26 Å². The Bertz CT molecular complexity index is 1110. The first-order valence-corrected chi connectivity index (χ1v) is 9.96. The SMILES string of the molecule is Cc1cc2occ(CC(=O)OCC(=O)Nc3ccc(C(=O)OC(C)C)cc3)c2cc1C. The summed E-state index contributed by atoms with van der Waals surface area (Å²) in [6.07, 6.45) is 1.33. The molecule has 1 N–H and O–H groups in total. The minimum atomic E-state index is -0.525. The molecule has 31 heavy (non-hydrogen) atoms. The third-order valence-corrected chi connectivity index (χ3v) is 4.72. The number of ether oxygens (including phenoxy) is 2. The Balaban J connectivity index is 1.51. The van der Waals surface area contributed by atoms with E-state index < -0.39 is 24.5 Å². The van der Waals surface area contributed by atoms with Gasteiger partial charge in [-0.2, -0.15) is 0 Å². The molecule has 0 aliphatic heterocycles. The molecule has 0 aliphatic rings. The molecule has 7 nitrogen and oxygen atoms in total. The van der Waals surface area contributed by atoms with Gasteiger partial charge in [0.05, 0.1) is 24.4 Å². The van der Waals surface area contributed by atoms with Gasteiger partial charge in [0, 0.05) is 16.6 Å². The number of benzene rings is 2. The van der Waals surface area contributed by atoms with Crippen LogP contribution in [0.15, 0.2) is 47.1 Å². The number of nitrogens with one attached hydrogen (secondary N) is 1. The Morgan fingerprint density at radius 2 is 1.71 bits per heavy atom. The Morgan fingerprint density at radius 1 is 1.03 bits per heavy atom. The van der Waals surface area contributed by atoms with Gasteiger partial charge < -0.3 is 19.2 Å². The van der Waals surface area contributed by atoms with Crippen molar-refractivity contribution in [3.63, 3.8) is 0 Å². The van der Waals surface area contributed by atoms with E-state index in [9.17, 15) is 14.4 Å². The molecule has 3 aromatic rings. The van der Waals surface area contributed by atoms with Crippen LogP contribution in [0, 0.1) is 13.8 Å². The number of aryl methyl sites for hydroxylation is 2. The minimum Gasteiger partial charge on any atom is -0.464 e. The van der Waals surface area contributed by atoms with E-state index in [2.05, 4.69) is 5.32 Å². The van der Waals surface area contributed by atoms with E-state index in [1.807, 2.05) is 26.0 Å². The molecule has 0 saturated carbocycles. The van der Waals surface area contributed by atoms with Gasteiger partial charge in [-0.1, -0.05) is 0 Å². The Hall–Kier alpha value is -3.61. The topological polar surface area (TPSA) is 94.8 Å². The number of rotatable bonds is 7. The molecule has 0 atom stereocenters. The predicted molar refractivity (Wildman–Crippen MR) is 116 cm³/mol. The highest BCUT2D eigenvalue weighted by molar-refractivity contribution is 5.94. The van der Waals surface area contributed by atoms with Crippen molar-refractivity contribution in [1.29, 1.82) is 0 Å². The lowest BCUT2D eigenvalue weighted by Crippen LogP contribution is -2.21. The van der Waals surface area contributed by atoms with Crippen molar-refractivity contribution in [3.8, 4) is 0 Å². The lowest BCUT2D eigenvalue weighted by Gasteiger charge is -2.09. The molecule has 7 heteroatoms. The van der Waals surface area contributed by atoms with Gasteiger partial charge in [0.25, 0.3) is 5.91 Å². The summed E-state index contributed by atoms with van der Waals surface area (Å²) in [5, 5.41) is 3.48.